The van der Waals surface area contributed by atoms with Gasteiger partial charge in [-0.05, 0) is 42.0 Å². The first-order valence-corrected chi connectivity index (χ1v) is 10.8. The molecular formula is C23H20N2O4S. The average Bonchev–Trinajstić information content (AvgIpc) is 3.17. The minimum atomic E-state index is -3.95. The van der Waals surface area contributed by atoms with Gasteiger partial charge in [-0.3, -0.25) is 0 Å². The Labute approximate surface area is 175 Å². The van der Waals surface area contributed by atoms with Crippen LogP contribution < -0.4 is 9.88 Å². The van der Waals surface area contributed by atoms with E-state index in [1.54, 1.807) is 25.3 Å². The largest absolute Gasteiger partial charge is 0.497 e. The highest BCUT2D eigenvalue weighted by molar-refractivity contribution is 7.89. The zero-order valence-electron chi connectivity index (χ0n) is 16.3. The van der Waals surface area contributed by atoms with Crippen LogP contribution in [0.2, 0.25) is 0 Å². The van der Waals surface area contributed by atoms with E-state index in [9.17, 15) is 8.42 Å². The maximum atomic E-state index is 12.2. The molecule has 1 aromatic heterocycles. The lowest BCUT2D eigenvalue weighted by molar-refractivity contribution is 0.415. The average molecular weight is 420 g/mol. The molecule has 0 aliphatic rings. The van der Waals surface area contributed by atoms with Crippen molar-refractivity contribution in [1.82, 2.24) is 4.98 Å². The lowest BCUT2D eigenvalue weighted by Gasteiger charge is -2.07. The van der Waals surface area contributed by atoms with Gasteiger partial charge < -0.3 is 9.15 Å². The quantitative estimate of drug-likeness (QED) is 0.503. The SMILES string of the molecule is COc1ccc(-c2nc(Cc3ccccc3)oc2-c2ccccc2S(N)(=O)=O)cc1. The molecule has 152 valence electrons. The van der Waals surface area contributed by atoms with E-state index in [1.807, 2.05) is 54.6 Å². The monoisotopic (exact) mass is 420 g/mol. The van der Waals surface area contributed by atoms with Crippen molar-refractivity contribution in [3.63, 3.8) is 0 Å². The van der Waals surface area contributed by atoms with Gasteiger partial charge in [0.25, 0.3) is 0 Å². The maximum Gasteiger partial charge on any atom is 0.238 e. The molecule has 7 heteroatoms. The molecule has 4 rings (SSSR count). The molecule has 0 spiro atoms. The van der Waals surface area contributed by atoms with Crippen molar-refractivity contribution in [3.05, 3.63) is 90.3 Å². The van der Waals surface area contributed by atoms with Gasteiger partial charge in [0, 0.05) is 17.5 Å². The van der Waals surface area contributed by atoms with Crippen LogP contribution in [0.5, 0.6) is 5.75 Å². The fraction of sp³-hybridized carbons (Fsp3) is 0.0870. The molecule has 0 radical (unpaired) electrons. The van der Waals surface area contributed by atoms with Crippen LogP contribution in [0.4, 0.5) is 0 Å². The van der Waals surface area contributed by atoms with Crippen molar-refractivity contribution in [2.24, 2.45) is 5.14 Å². The maximum absolute atomic E-state index is 12.2. The molecule has 0 atom stereocenters. The number of aromatic nitrogens is 1. The Hall–Kier alpha value is -3.42. The van der Waals surface area contributed by atoms with Gasteiger partial charge in [-0.25, -0.2) is 18.5 Å². The molecule has 4 aromatic rings. The fourth-order valence-corrected chi connectivity index (χ4v) is 3.98. The summed E-state index contributed by atoms with van der Waals surface area (Å²) in [5.74, 6) is 1.54. The van der Waals surface area contributed by atoms with Crippen molar-refractivity contribution in [3.8, 4) is 28.3 Å². The number of benzene rings is 3. The summed E-state index contributed by atoms with van der Waals surface area (Å²) in [5.41, 5.74) is 2.72. The third kappa shape index (κ3) is 4.12. The van der Waals surface area contributed by atoms with E-state index in [0.717, 1.165) is 11.1 Å². The molecular weight excluding hydrogens is 400 g/mol. The molecule has 0 aliphatic carbocycles. The Bertz CT molecular complexity index is 1260. The Morgan fingerprint density at radius 3 is 2.27 bits per heavy atom. The lowest BCUT2D eigenvalue weighted by atomic mass is 10.1. The third-order valence-corrected chi connectivity index (χ3v) is 5.64. The molecule has 0 saturated heterocycles. The summed E-state index contributed by atoms with van der Waals surface area (Å²) in [4.78, 5) is 4.68. The molecule has 0 saturated carbocycles. The normalized spacial score (nSPS) is 11.4. The van der Waals surface area contributed by atoms with Crippen LogP contribution in [-0.4, -0.2) is 20.5 Å². The molecule has 6 nitrogen and oxygen atoms in total. The minimum absolute atomic E-state index is 0.0119. The zero-order valence-corrected chi connectivity index (χ0v) is 17.1. The number of rotatable bonds is 6. The van der Waals surface area contributed by atoms with Gasteiger partial charge in [-0.15, -0.1) is 0 Å². The Balaban J connectivity index is 1.88. The summed E-state index contributed by atoms with van der Waals surface area (Å²) in [6.07, 6.45) is 0.474. The topological polar surface area (TPSA) is 95.4 Å². The number of hydrogen-bond acceptors (Lipinski definition) is 5. The van der Waals surface area contributed by atoms with Gasteiger partial charge in [-0.1, -0.05) is 42.5 Å². The molecule has 0 unspecified atom stereocenters. The molecule has 2 N–H and O–H groups in total. The van der Waals surface area contributed by atoms with Gasteiger partial charge in [0.05, 0.1) is 12.0 Å². The van der Waals surface area contributed by atoms with Gasteiger partial charge in [-0.2, -0.15) is 0 Å². The van der Waals surface area contributed by atoms with E-state index in [2.05, 4.69) is 4.98 Å². The van der Waals surface area contributed by atoms with E-state index >= 15 is 0 Å². The second kappa shape index (κ2) is 8.14. The smallest absolute Gasteiger partial charge is 0.238 e. The number of nitrogens with zero attached hydrogens (tertiary/aromatic N) is 1. The molecule has 3 aromatic carbocycles. The first kappa shape index (κ1) is 19.9. The van der Waals surface area contributed by atoms with Crippen LogP contribution in [0.3, 0.4) is 0 Å². The van der Waals surface area contributed by atoms with Crippen LogP contribution in [0, 0.1) is 0 Å². The van der Waals surface area contributed by atoms with E-state index in [1.165, 1.54) is 6.07 Å². The summed E-state index contributed by atoms with van der Waals surface area (Å²) in [7, 11) is -2.35. The zero-order chi connectivity index (χ0) is 21.1. The van der Waals surface area contributed by atoms with Crippen molar-refractivity contribution < 1.29 is 17.6 Å². The Morgan fingerprint density at radius 2 is 1.60 bits per heavy atom. The molecule has 0 aliphatic heterocycles. The Morgan fingerprint density at radius 1 is 0.933 bits per heavy atom. The van der Waals surface area contributed by atoms with E-state index in [-0.39, 0.29) is 4.90 Å². The van der Waals surface area contributed by atoms with Crippen LogP contribution in [0.15, 0.2) is 88.2 Å². The fourth-order valence-electron chi connectivity index (χ4n) is 3.24. The van der Waals surface area contributed by atoms with Gasteiger partial charge in [0.2, 0.25) is 10.0 Å². The molecule has 30 heavy (non-hydrogen) atoms. The highest BCUT2D eigenvalue weighted by Crippen LogP contribution is 2.36. The second-order valence-electron chi connectivity index (χ2n) is 6.72. The Kier molecular flexibility index (Phi) is 5.39. The summed E-state index contributed by atoms with van der Waals surface area (Å²) in [6, 6.07) is 23.6. The highest BCUT2D eigenvalue weighted by Gasteiger charge is 2.23. The predicted molar refractivity (Wildman–Crippen MR) is 115 cm³/mol. The van der Waals surface area contributed by atoms with E-state index in [0.29, 0.717) is 35.1 Å². The van der Waals surface area contributed by atoms with Crippen molar-refractivity contribution in [1.29, 1.82) is 0 Å². The highest BCUT2D eigenvalue weighted by atomic mass is 32.2. The minimum Gasteiger partial charge on any atom is -0.497 e. The van der Waals surface area contributed by atoms with Crippen molar-refractivity contribution in [2.75, 3.05) is 7.11 Å². The second-order valence-corrected chi connectivity index (χ2v) is 8.25. The van der Waals surface area contributed by atoms with Crippen LogP contribution in [0.25, 0.3) is 22.6 Å². The molecule has 1 heterocycles. The number of sulfonamides is 1. The van der Waals surface area contributed by atoms with Crippen LogP contribution in [0.1, 0.15) is 11.5 Å². The third-order valence-electron chi connectivity index (χ3n) is 4.67. The summed E-state index contributed by atoms with van der Waals surface area (Å²) in [6.45, 7) is 0. The van der Waals surface area contributed by atoms with Gasteiger partial charge in [0.1, 0.15) is 11.4 Å². The summed E-state index contributed by atoms with van der Waals surface area (Å²) in [5, 5.41) is 5.45. The first-order chi connectivity index (χ1) is 14.5. The van der Waals surface area contributed by atoms with Crippen molar-refractivity contribution in [2.45, 2.75) is 11.3 Å². The number of hydrogen-bond donors (Lipinski definition) is 1. The van der Waals surface area contributed by atoms with Crippen molar-refractivity contribution >= 4 is 10.0 Å². The van der Waals surface area contributed by atoms with E-state index in [4.69, 9.17) is 14.3 Å². The van der Waals surface area contributed by atoms with Crippen LogP contribution >= 0.6 is 0 Å². The number of nitrogens with two attached hydrogens (primary N) is 1. The van der Waals surface area contributed by atoms with Gasteiger partial charge in [0.15, 0.2) is 11.7 Å². The summed E-state index contributed by atoms with van der Waals surface area (Å²) >= 11 is 0. The van der Waals surface area contributed by atoms with E-state index < -0.39 is 10.0 Å². The molecule has 0 amide bonds. The number of ether oxygens (including phenoxy) is 1. The molecule has 0 fully saturated rings. The standard InChI is InChI=1S/C23H20N2O4S/c1-28-18-13-11-17(12-14-18)22-23(19-9-5-6-10-20(19)30(24,26)27)29-21(25-22)15-16-7-3-2-4-8-16/h2-14H,15H2,1H3,(H2,24,26,27). The number of primary sulfonamides is 1. The molecule has 0 bridgehead atoms. The number of methoxy groups -OCH3 is 1. The number of oxazole rings is 1. The first-order valence-electron chi connectivity index (χ1n) is 9.26. The van der Waals surface area contributed by atoms with Gasteiger partial charge >= 0.3 is 0 Å². The van der Waals surface area contributed by atoms with Crippen LogP contribution in [-0.2, 0) is 16.4 Å². The predicted octanol–water partition coefficient (Wildman–Crippen LogP) is 4.26. The lowest BCUT2D eigenvalue weighted by Crippen LogP contribution is -2.13. The summed E-state index contributed by atoms with van der Waals surface area (Å²) < 4.78 is 35.6.